The number of carboxylic acid groups (broad SMARTS) is 1. The maximum Gasteiger partial charge on any atom is 0.335 e. The molecule has 0 aliphatic heterocycles. The fourth-order valence-electron chi connectivity index (χ4n) is 3.25. The average molecular weight is 366 g/mol. The standard InChI is InChI=1S/C21H22N2O4/c24-19(14-5-2-1-3-6-14)23-18-8-4-7-16(13-18)20(25)22-17-11-9-15(10-12-17)21(26)27/h4,7-14H,1-3,5-6H2,(H,22,25)(H,23,24)(H,26,27). The molecule has 0 aromatic heterocycles. The van der Waals surface area contributed by atoms with E-state index in [0.29, 0.717) is 16.9 Å². The van der Waals surface area contributed by atoms with E-state index >= 15 is 0 Å². The first-order chi connectivity index (χ1) is 13.0. The molecule has 0 bridgehead atoms. The summed E-state index contributed by atoms with van der Waals surface area (Å²) < 4.78 is 0. The summed E-state index contributed by atoms with van der Waals surface area (Å²) in [7, 11) is 0. The van der Waals surface area contributed by atoms with Crippen LogP contribution >= 0.6 is 0 Å². The Morgan fingerprint density at radius 1 is 0.815 bits per heavy atom. The van der Waals surface area contributed by atoms with Crippen LogP contribution < -0.4 is 10.6 Å². The van der Waals surface area contributed by atoms with Gasteiger partial charge in [0.25, 0.3) is 5.91 Å². The van der Waals surface area contributed by atoms with Crippen LogP contribution in [-0.2, 0) is 4.79 Å². The molecule has 3 N–H and O–H groups in total. The topological polar surface area (TPSA) is 95.5 Å². The normalized spacial score (nSPS) is 14.4. The number of rotatable bonds is 5. The van der Waals surface area contributed by atoms with Crippen molar-refractivity contribution in [1.29, 1.82) is 0 Å². The summed E-state index contributed by atoms with van der Waals surface area (Å²) in [6.07, 6.45) is 5.19. The predicted molar refractivity (Wildman–Crippen MR) is 103 cm³/mol. The van der Waals surface area contributed by atoms with E-state index in [2.05, 4.69) is 10.6 Å². The number of benzene rings is 2. The Morgan fingerprint density at radius 3 is 2.19 bits per heavy atom. The van der Waals surface area contributed by atoms with Crippen molar-refractivity contribution in [1.82, 2.24) is 0 Å². The highest BCUT2D eigenvalue weighted by molar-refractivity contribution is 6.05. The second-order valence-electron chi connectivity index (χ2n) is 6.74. The molecule has 0 atom stereocenters. The van der Waals surface area contributed by atoms with Gasteiger partial charge in [-0.15, -0.1) is 0 Å². The van der Waals surface area contributed by atoms with Crippen molar-refractivity contribution in [2.24, 2.45) is 5.92 Å². The van der Waals surface area contributed by atoms with Crippen molar-refractivity contribution in [2.75, 3.05) is 10.6 Å². The Kier molecular flexibility index (Phi) is 5.86. The number of anilines is 2. The van der Waals surface area contributed by atoms with Gasteiger partial charge >= 0.3 is 5.97 Å². The zero-order chi connectivity index (χ0) is 19.2. The second-order valence-corrected chi connectivity index (χ2v) is 6.74. The quantitative estimate of drug-likeness (QED) is 0.740. The summed E-state index contributed by atoms with van der Waals surface area (Å²) in [6, 6.07) is 12.7. The van der Waals surface area contributed by atoms with E-state index in [9.17, 15) is 14.4 Å². The van der Waals surface area contributed by atoms with Crippen molar-refractivity contribution >= 4 is 29.2 Å². The number of aromatic carboxylic acids is 1. The third kappa shape index (κ3) is 4.94. The van der Waals surface area contributed by atoms with Gasteiger partial charge in [0.1, 0.15) is 0 Å². The lowest BCUT2D eigenvalue weighted by Gasteiger charge is -2.20. The zero-order valence-electron chi connectivity index (χ0n) is 14.9. The Labute approximate surface area is 157 Å². The highest BCUT2D eigenvalue weighted by Gasteiger charge is 2.21. The number of amides is 2. The van der Waals surface area contributed by atoms with Crippen LogP contribution in [0.1, 0.15) is 52.8 Å². The van der Waals surface area contributed by atoms with Gasteiger partial charge in [0.15, 0.2) is 0 Å². The van der Waals surface area contributed by atoms with E-state index in [1.807, 2.05) is 0 Å². The molecular formula is C21H22N2O4. The van der Waals surface area contributed by atoms with Crippen LogP contribution in [0.4, 0.5) is 11.4 Å². The minimum absolute atomic E-state index is 0.0107. The van der Waals surface area contributed by atoms with E-state index in [-0.39, 0.29) is 23.3 Å². The molecule has 0 spiro atoms. The molecule has 27 heavy (non-hydrogen) atoms. The molecule has 140 valence electrons. The molecule has 1 fully saturated rings. The molecule has 0 saturated heterocycles. The lowest BCUT2D eigenvalue weighted by atomic mass is 9.88. The third-order valence-electron chi connectivity index (χ3n) is 4.76. The number of carbonyl (C=O) groups is 3. The molecule has 0 heterocycles. The SMILES string of the molecule is O=C(O)c1ccc(NC(=O)c2cccc(NC(=O)C3CCCCC3)c2)cc1. The van der Waals surface area contributed by atoms with E-state index in [1.165, 1.54) is 30.7 Å². The monoisotopic (exact) mass is 366 g/mol. The minimum atomic E-state index is -1.02. The Balaban J connectivity index is 1.64. The van der Waals surface area contributed by atoms with Gasteiger partial charge in [0.05, 0.1) is 5.56 Å². The van der Waals surface area contributed by atoms with Crippen molar-refractivity contribution in [3.05, 3.63) is 59.7 Å². The summed E-state index contributed by atoms with van der Waals surface area (Å²) in [4.78, 5) is 35.7. The number of hydrogen-bond donors (Lipinski definition) is 3. The predicted octanol–water partition coefficient (Wildman–Crippen LogP) is 4.16. The number of hydrogen-bond acceptors (Lipinski definition) is 3. The minimum Gasteiger partial charge on any atom is -0.478 e. The Morgan fingerprint density at radius 2 is 1.52 bits per heavy atom. The average Bonchev–Trinajstić information content (AvgIpc) is 2.69. The smallest absolute Gasteiger partial charge is 0.335 e. The first-order valence-corrected chi connectivity index (χ1v) is 9.08. The van der Waals surface area contributed by atoms with Gasteiger partial charge in [-0.1, -0.05) is 25.3 Å². The molecule has 0 radical (unpaired) electrons. The number of carboxylic acids is 1. The molecule has 2 aromatic carbocycles. The van der Waals surface area contributed by atoms with Gasteiger partial charge < -0.3 is 15.7 Å². The van der Waals surface area contributed by atoms with Crippen molar-refractivity contribution in [2.45, 2.75) is 32.1 Å². The molecule has 6 heteroatoms. The van der Waals surface area contributed by atoms with Gasteiger partial charge in [0, 0.05) is 22.9 Å². The van der Waals surface area contributed by atoms with Crippen LogP contribution in [0.25, 0.3) is 0 Å². The summed E-state index contributed by atoms with van der Waals surface area (Å²) in [5.74, 6) is -1.29. The van der Waals surface area contributed by atoms with Crippen molar-refractivity contribution < 1.29 is 19.5 Å². The maximum absolute atomic E-state index is 12.4. The lowest BCUT2D eigenvalue weighted by molar-refractivity contribution is -0.120. The van der Waals surface area contributed by atoms with Gasteiger partial charge in [-0.25, -0.2) is 4.79 Å². The summed E-state index contributed by atoms with van der Waals surface area (Å²) in [6.45, 7) is 0. The zero-order valence-corrected chi connectivity index (χ0v) is 14.9. The molecular weight excluding hydrogens is 344 g/mol. The summed E-state index contributed by atoms with van der Waals surface area (Å²) >= 11 is 0. The Hall–Kier alpha value is -3.15. The van der Waals surface area contributed by atoms with E-state index < -0.39 is 5.97 Å². The number of carbonyl (C=O) groups excluding carboxylic acids is 2. The fourth-order valence-corrected chi connectivity index (χ4v) is 3.25. The number of nitrogens with one attached hydrogen (secondary N) is 2. The van der Waals surface area contributed by atoms with Crippen LogP contribution in [0.5, 0.6) is 0 Å². The first-order valence-electron chi connectivity index (χ1n) is 9.08. The fraction of sp³-hybridized carbons (Fsp3) is 0.286. The van der Waals surface area contributed by atoms with E-state index in [0.717, 1.165) is 25.7 Å². The van der Waals surface area contributed by atoms with Crippen LogP contribution in [0.15, 0.2) is 48.5 Å². The largest absolute Gasteiger partial charge is 0.478 e. The maximum atomic E-state index is 12.4. The van der Waals surface area contributed by atoms with Crippen LogP contribution in [0.2, 0.25) is 0 Å². The summed E-state index contributed by atoms with van der Waals surface area (Å²) in [5, 5.41) is 14.5. The molecule has 1 saturated carbocycles. The molecule has 6 nitrogen and oxygen atoms in total. The molecule has 2 aromatic rings. The molecule has 0 unspecified atom stereocenters. The van der Waals surface area contributed by atoms with Crippen LogP contribution in [0.3, 0.4) is 0 Å². The van der Waals surface area contributed by atoms with E-state index in [1.54, 1.807) is 24.3 Å². The third-order valence-corrected chi connectivity index (χ3v) is 4.76. The molecule has 3 rings (SSSR count). The van der Waals surface area contributed by atoms with Gasteiger partial charge in [-0.05, 0) is 55.3 Å². The highest BCUT2D eigenvalue weighted by Crippen LogP contribution is 2.25. The summed E-state index contributed by atoms with van der Waals surface area (Å²) in [5.41, 5.74) is 1.67. The first kappa shape index (κ1) is 18.6. The molecule has 2 amide bonds. The second kappa shape index (κ2) is 8.49. The van der Waals surface area contributed by atoms with Gasteiger partial charge in [0.2, 0.25) is 5.91 Å². The van der Waals surface area contributed by atoms with E-state index in [4.69, 9.17) is 5.11 Å². The van der Waals surface area contributed by atoms with Crippen LogP contribution in [-0.4, -0.2) is 22.9 Å². The molecule has 1 aliphatic carbocycles. The van der Waals surface area contributed by atoms with Crippen LogP contribution in [0, 0.1) is 5.92 Å². The Bertz CT molecular complexity index is 840. The lowest BCUT2D eigenvalue weighted by Crippen LogP contribution is -2.24. The van der Waals surface area contributed by atoms with Crippen molar-refractivity contribution in [3.8, 4) is 0 Å². The van der Waals surface area contributed by atoms with Gasteiger partial charge in [-0.2, -0.15) is 0 Å². The highest BCUT2D eigenvalue weighted by atomic mass is 16.4. The van der Waals surface area contributed by atoms with Crippen molar-refractivity contribution in [3.63, 3.8) is 0 Å². The molecule has 1 aliphatic rings. The van der Waals surface area contributed by atoms with Gasteiger partial charge in [-0.3, -0.25) is 9.59 Å².